The minimum Gasteiger partial charge on any atom is -0.493 e. The van der Waals surface area contributed by atoms with Gasteiger partial charge in [0.1, 0.15) is 0 Å². The highest BCUT2D eigenvalue weighted by atomic mass is 32.1. The number of para-hydroxylation sites is 1. The number of hydrogen-bond acceptors (Lipinski definition) is 3. The Morgan fingerprint density at radius 3 is 2.75 bits per heavy atom. The predicted molar refractivity (Wildman–Crippen MR) is 65.6 cm³/mol. The number of benzene rings is 1. The number of thiocarbonyl (C=S) groups is 1. The van der Waals surface area contributed by atoms with Crippen molar-refractivity contribution in [2.45, 2.75) is 0 Å². The average molecular weight is 240 g/mol. The van der Waals surface area contributed by atoms with Crippen LogP contribution in [0, 0.1) is 0 Å². The van der Waals surface area contributed by atoms with Gasteiger partial charge in [0.25, 0.3) is 0 Å². The Morgan fingerprint density at radius 2 is 2.19 bits per heavy atom. The van der Waals surface area contributed by atoms with Crippen LogP contribution >= 0.6 is 12.2 Å². The third-order valence-electron chi connectivity index (χ3n) is 1.86. The van der Waals surface area contributed by atoms with Gasteiger partial charge in [0.05, 0.1) is 19.8 Å². The van der Waals surface area contributed by atoms with Crippen LogP contribution in [0.5, 0.6) is 11.5 Å². The maximum absolute atomic E-state index is 5.27. The molecule has 4 N–H and O–H groups in total. The Labute approximate surface area is 99.2 Å². The molecule has 6 heteroatoms. The second-order valence-corrected chi connectivity index (χ2v) is 3.30. The summed E-state index contributed by atoms with van der Waals surface area (Å²) in [7, 11) is 3.17. The molecule has 0 heterocycles. The number of methoxy groups -OCH3 is 2. The summed E-state index contributed by atoms with van der Waals surface area (Å²) in [5.41, 5.74) is 8.68. The van der Waals surface area contributed by atoms with E-state index in [1.165, 1.54) is 0 Å². The first kappa shape index (κ1) is 12.3. The number of ether oxygens (including phenoxy) is 2. The van der Waals surface area contributed by atoms with Crippen LogP contribution in [-0.4, -0.2) is 25.5 Å². The molecule has 0 spiro atoms. The number of nitrogens with one attached hydrogen (secondary N) is 2. The third kappa shape index (κ3) is 3.09. The molecule has 0 aliphatic rings. The van der Waals surface area contributed by atoms with Crippen LogP contribution in [0.15, 0.2) is 18.2 Å². The van der Waals surface area contributed by atoms with E-state index in [1.807, 2.05) is 18.2 Å². The van der Waals surface area contributed by atoms with E-state index >= 15 is 0 Å². The molecule has 0 aromatic heterocycles. The lowest BCUT2D eigenvalue weighted by atomic mass is 10.2. The molecule has 0 saturated heterocycles. The fraction of sp³-hybridized carbons (Fsp3) is 0.200. The van der Waals surface area contributed by atoms with Gasteiger partial charge in [0.15, 0.2) is 11.5 Å². The normalized spacial score (nSPS) is 10.1. The third-order valence-corrected chi connectivity index (χ3v) is 1.96. The molecule has 16 heavy (non-hydrogen) atoms. The van der Waals surface area contributed by atoms with Crippen molar-refractivity contribution in [1.82, 2.24) is 5.43 Å². The summed E-state index contributed by atoms with van der Waals surface area (Å²) in [4.78, 5) is 0. The van der Waals surface area contributed by atoms with Crippen LogP contribution in [-0.2, 0) is 0 Å². The Bertz CT molecular complexity index is 407. The maximum Gasteiger partial charge on any atom is 0.221 e. The second kappa shape index (κ2) is 5.92. The van der Waals surface area contributed by atoms with E-state index in [4.69, 9.17) is 15.2 Å². The predicted octanol–water partition coefficient (Wildman–Crippen LogP) is -1.05. The number of hydrogen-bond donors (Lipinski definition) is 3. The van der Waals surface area contributed by atoms with Crippen LogP contribution in [0.1, 0.15) is 5.56 Å². The van der Waals surface area contributed by atoms with Crippen molar-refractivity contribution in [1.29, 1.82) is 0 Å². The van der Waals surface area contributed by atoms with Gasteiger partial charge in [-0.15, -0.1) is 10.5 Å². The topological polar surface area (TPSA) is 70.5 Å². The molecule has 0 unspecified atom stereocenters. The van der Waals surface area contributed by atoms with Gasteiger partial charge >= 0.3 is 0 Å². The Morgan fingerprint density at radius 1 is 1.44 bits per heavy atom. The van der Waals surface area contributed by atoms with Crippen LogP contribution in [0.2, 0.25) is 0 Å². The van der Waals surface area contributed by atoms with Crippen molar-refractivity contribution in [2.24, 2.45) is 5.73 Å². The standard InChI is InChI=1S/C10H13N3O2S/c1-14-8-5-3-4-7(9(8)15-2)6-12-13-10(11)16/h3-6H,1-2H3,(H3,11,13,16)/p+1. The highest BCUT2D eigenvalue weighted by Gasteiger charge is 2.09. The highest BCUT2D eigenvalue weighted by Crippen LogP contribution is 2.28. The monoisotopic (exact) mass is 240 g/mol. The Kier molecular flexibility index (Phi) is 4.53. The minimum atomic E-state index is 0.165. The van der Waals surface area contributed by atoms with Crippen LogP contribution in [0.3, 0.4) is 0 Å². The van der Waals surface area contributed by atoms with Crippen molar-refractivity contribution in [2.75, 3.05) is 14.2 Å². The first-order valence-corrected chi connectivity index (χ1v) is 4.95. The molecule has 1 aromatic rings. The van der Waals surface area contributed by atoms with Crippen LogP contribution in [0.25, 0.3) is 0 Å². The first-order valence-electron chi connectivity index (χ1n) is 4.54. The molecule has 5 nitrogen and oxygen atoms in total. The summed E-state index contributed by atoms with van der Waals surface area (Å²) in [6.07, 6.45) is 1.68. The van der Waals surface area contributed by atoms with Gasteiger partial charge in [0.2, 0.25) is 11.3 Å². The smallest absolute Gasteiger partial charge is 0.221 e. The molecule has 0 bridgehead atoms. The van der Waals surface area contributed by atoms with Gasteiger partial charge in [0, 0.05) is 0 Å². The summed E-state index contributed by atoms with van der Waals surface area (Å²) in [6.45, 7) is 0. The van der Waals surface area contributed by atoms with Crippen LogP contribution in [0.4, 0.5) is 0 Å². The Balaban J connectivity index is 2.94. The lowest BCUT2D eigenvalue weighted by molar-refractivity contribution is -0.499. The first-order chi connectivity index (χ1) is 7.69. The van der Waals surface area contributed by atoms with E-state index in [1.54, 1.807) is 20.4 Å². The number of rotatable bonds is 4. The molecule has 1 aromatic carbocycles. The molecule has 0 radical (unpaired) electrons. The fourth-order valence-corrected chi connectivity index (χ4v) is 1.27. The van der Waals surface area contributed by atoms with Gasteiger partial charge in [-0.05, 0) is 24.4 Å². The van der Waals surface area contributed by atoms with Gasteiger partial charge in [-0.1, -0.05) is 6.07 Å². The number of hydrazone groups is 1. The second-order valence-electron chi connectivity index (χ2n) is 2.86. The van der Waals surface area contributed by atoms with E-state index in [2.05, 4.69) is 22.7 Å². The van der Waals surface area contributed by atoms with Crippen molar-refractivity contribution in [3.8, 4) is 11.5 Å². The lowest BCUT2D eigenvalue weighted by Gasteiger charge is -2.07. The highest BCUT2D eigenvalue weighted by molar-refractivity contribution is 7.80. The number of hydrazine groups is 1. The van der Waals surface area contributed by atoms with E-state index in [0.29, 0.717) is 11.5 Å². The molecule has 0 amide bonds. The molecule has 0 aliphatic carbocycles. The summed E-state index contributed by atoms with van der Waals surface area (Å²) in [6, 6.07) is 5.54. The van der Waals surface area contributed by atoms with Gasteiger partial charge in [-0.2, -0.15) is 0 Å². The van der Waals surface area contributed by atoms with Crippen molar-refractivity contribution >= 4 is 23.5 Å². The lowest BCUT2D eigenvalue weighted by Crippen LogP contribution is -2.82. The zero-order chi connectivity index (χ0) is 12.0. The number of nitrogens with two attached hydrogens (primary N) is 1. The van der Waals surface area contributed by atoms with Crippen molar-refractivity contribution < 1.29 is 14.6 Å². The van der Waals surface area contributed by atoms with E-state index < -0.39 is 0 Å². The van der Waals surface area contributed by atoms with Crippen molar-refractivity contribution in [3.05, 3.63) is 23.8 Å². The zero-order valence-corrected chi connectivity index (χ0v) is 9.93. The summed E-state index contributed by atoms with van der Waals surface area (Å²) < 4.78 is 10.4. The van der Waals surface area contributed by atoms with Crippen molar-refractivity contribution in [3.63, 3.8) is 0 Å². The fourth-order valence-electron chi connectivity index (χ4n) is 1.21. The summed E-state index contributed by atoms with van der Waals surface area (Å²) in [5.74, 6) is 1.30. The molecule has 1 rings (SSSR count). The Hall–Kier alpha value is -1.82. The molecule has 86 valence electrons. The summed E-state index contributed by atoms with van der Waals surface area (Å²) in [5, 5.41) is 2.92. The molecule has 0 fully saturated rings. The average Bonchev–Trinajstić information content (AvgIpc) is 2.28. The van der Waals surface area contributed by atoms with Gasteiger partial charge < -0.3 is 15.2 Å². The van der Waals surface area contributed by atoms with Crippen LogP contribution < -0.4 is 25.7 Å². The molecule has 0 aliphatic heterocycles. The van der Waals surface area contributed by atoms with Gasteiger partial charge in [-0.25, -0.2) is 0 Å². The van der Waals surface area contributed by atoms with E-state index in [0.717, 1.165) is 5.56 Å². The molecular weight excluding hydrogens is 226 g/mol. The van der Waals surface area contributed by atoms with E-state index in [9.17, 15) is 0 Å². The van der Waals surface area contributed by atoms with Gasteiger partial charge in [-0.3, -0.25) is 0 Å². The quantitative estimate of drug-likeness (QED) is 0.356. The molecule has 0 saturated carbocycles. The SMILES string of the molecule is COc1cccc(C=[NH+]NC(N)=S)c1OC. The zero-order valence-electron chi connectivity index (χ0n) is 9.11. The maximum atomic E-state index is 5.27. The summed E-state index contributed by atoms with van der Waals surface area (Å²) >= 11 is 4.65. The molecular formula is C10H14N3O2S+. The molecule has 0 atom stereocenters. The van der Waals surface area contributed by atoms with E-state index in [-0.39, 0.29) is 5.11 Å². The minimum absolute atomic E-state index is 0.165. The largest absolute Gasteiger partial charge is 0.493 e.